The number of Topliss-reactive ketones (excluding diaryl/α,β-unsaturated/α-hetero) is 1. The second-order valence-electron chi connectivity index (χ2n) is 8.01. The van der Waals surface area contributed by atoms with Crippen LogP contribution in [0.2, 0.25) is 0 Å². The largest absolute Gasteiger partial charge is 1.00 e. The van der Waals surface area contributed by atoms with Crippen molar-refractivity contribution in [2.45, 2.75) is 45.4 Å². The van der Waals surface area contributed by atoms with Crippen molar-refractivity contribution < 1.29 is 44.3 Å². The number of ketones is 1. The van der Waals surface area contributed by atoms with Crippen LogP contribution in [0.1, 0.15) is 60.0 Å². The Labute approximate surface area is 208 Å². The number of benzene rings is 2. The number of hydrogen-bond acceptors (Lipinski definition) is 6. The number of aryl methyl sites for hydroxylation is 1. The molecule has 0 bridgehead atoms. The van der Waals surface area contributed by atoms with Crippen molar-refractivity contribution in [2.24, 2.45) is 5.92 Å². The molecule has 0 N–H and O–H groups in total. The third kappa shape index (κ3) is 5.50. The zero-order valence-electron chi connectivity index (χ0n) is 17.9. The van der Waals surface area contributed by atoms with E-state index in [4.69, 9.17) is 0 Å². The van der Waals surface area contributed by atoms with E-state index >= 15 is 0 Å². The molecule has 4 rings (SSSR count). The van der Waals surface area contributed by atoms with Crippen molar-refractivity contribution in [1.29, 1.82) is 0 Å². The third-order valence-corrected chi connectivity index (χ3v) is 6.41. The van der Waals surface area contributed by atoms with Gasteiger partial charge in [-0.2, -0.15) is 8.75 Å². The van der Waals surface area contributed by atoms with Gasteiger partial charge < -0.3 is 9.90 Å². The average molecular weight is 443 g/mol. The number of aromatic nitrogens is 2. The molecule has 154 valence electrons. The zero-order chi connectivity index (χ0) is 21.1. The van der Waals surface area contributed by atoms with Crippen LogP contribution in [0.15, 0.2) is 48.0 Å². The Balaban J connectivity index is 0.00000272. The monoisotopic (exact) mass is 442 g/mol. The minimum Gasteiger partial charge on any atom is -0.545 e. The number of carboxylic acids is 1. The number of carbonyl (C=O) groups excluding carboxylic acids is 2. The summed E-state index contributed by atoms with van der Waals surface area (Å²) in [5, 5.41) is 12.3. The van der Waals surface area contributed by atoms with Gasteiger partial charge in [0.2, 0.25) is 0 Å². The fourth-order valence-electron chi connectivity index (χ4n) is 4.22. The van der Waals surface area contributed by atoms with Crippen LogP contribution >= 0.6 is 11.7 Å². The van der Waals surface area contributed by atoms with E-state index in [1.165, 1.54) is 6.42 Å². The molecule has 3 aromatic rings. The molecular formula is C24H23N2NaO3S. The standard InChI is InChI=1S/C24H24N2O3S.Na/c1-15-7-9-17(10-8-15)23(27)19(13-16-5-3-2-4-6-16)22(24(28)29)18-11-12-20-21(14-18)26-30-25-20;/h7-12,14,16H,2-6,13H2,1H3,(H,28,29);/q;+1/p-1. The molecule has 1 saturated carbocycles. The molecule has 31 heavy (non-hydrogen) atoms. The fourth-order valence-corrected chi connectivity index (χ4v) is 4.74. The molecule has 0 unspecified atom stereocenters. The summed E-state index contributed by atoms with van der Waals surface area (Å²) < 4.78 is 8.40. The number of carboxylic acid groups (broad SMARTS) is 1. The first-order valence-electron chi connectivity index (χ1n) is 10.3. The van der Waals surface area contributed by atoms with E-state index in [-0.39, 0.29) is 40.9 Å². The first kappa shape index (κ1) is 23.8. The summed E-state index contributed by atoms with van der Waals surface area (Å²) in [5.74, 6) is -1.26. The van der Waals surface area contributed by atoms with Gasteiger partial charge in [-0.25, -0.2) is 0 Å². The van der Waals surface area contributed by atoms with E-state index in [9.17, 15) is 14.7 Å². The second kappa shape index (κ2) is 10.6. The van der Waals surface area contributed by atoms with Gasteiger partial charge >= 0.3 is 29.6 Å². The summed E-state index contributed by atoms with van der Waals surface area (Å²) in [6.45, 7) is 1.96. The molecule has 1 aliphatic rings. The molecule has 0 aliphatic heterocycles. The van der Waals surface area contributed by atoms with E-state index in [1.807, 2.05) is 19.1 Å². The van der Waals surface area contributed by atoms with Gasteiger partial charge in [-0.05, 0) is 37.0 Å². The Morgan fingerprint density at radius 1 is 0.968 bits per heavy atom. The van der Waals surface area contributed by atoms with Gasteiger partial charge in [0.15, 0.2) is 5.78 Å². The molecule has 2 aromatic carbocycles. The van der Waals surface area contributed by atoms with Gasteiger partial charge in [-0.15, -0.1) is 0 Å². The molecule has 0 saturated heterocycles. The van der Waals surface area contributed by atoms with E-state index in [0.717, 1.165) is 43.0 Å². The van der Waals surface area contributed by atoms with Crippen molar-refractivity contribution in [2.75, 3.05) is 0 Å². The first-order valence-corrected chi connectivity index (χ1v) is 11.0. The number of allylic oxidation sites excluding steroid dienone is 1. The van der Waals surface area contributed by atoms with Gasteiger partial charge in [0.25, 0.3) is 0 Å². The van der Waals surface area contributed by atoms with Crippen LogP contribution < -0.4 is 34.7 Å². The molecule has 1 heterocycles. The van der Waals surface area contributed by atoms with Crippen LogP contribution in [0.4, 0.5) is 0 Å². The SMILES string of the molecule is Cc1ccc(C(=O)C(CC2CCCCC2)=C(C(=O)[O-])c2ccc3nsnc3c2)cc1.[Na+]. The predicted molar refractivity (Wildman–Crippen MR) is 116 cm³/mol. The average Bonchev–Trinajstić information content (AvgIpc) is 3.22. The van der Waals surface area contributed by atoms with Crippen molar-refractivity contribution in [3.63, 3.8) is 0 Å². The smallest absolute Gasteiger partial charge is 0.545 e. The van der Waals surface area contributed by atoms with E-state index < -0.39 is 5.97 Å². The van der Waals surface area contributed by atoms with E-state index in [0.29, 0.717) is 40.1 Å². The second-order valence-corrected chi connectivity index (χ2v) is 8.54. The van der Waals surface area contributed by atoms with Crippen molar-refractivity contribution in [1.82, 2.24) is 8.75 Å². The molecule has 1 aliphatic carbocycles. The number of fused-ring (bicyclic) bond motifs is 1. The number of aliphatic carboxylic acids is 1. The molecule has 1 aromatic heterocycles. The molecule has 7 heteroatoms. The molecule has 0 radical (unpaired) electrons. The minimum absolute atomic E-state index is 0. The summed E-state index contributed by atoms with van der Waals surface area (Å²) in [6.07, 6.45) is 5.91. The number of hydrogen-bond donors (Lipinski definition) is 0. The Morgan fingerprint density at radius 3 is 2.29 bits per heavy atom. The van der Waals surface area contributed by atoms with Gasteiger partial charge in [0.1, 0.15) is 11.0 Å². The Kier molecular flexibility index (Phi) is 8.17. The van der Waals surface area contributed by atoms with Gasteiger partial charge in [-0.3, -0.25) is 4.79 Å². The summed E-state index contributed by atoms with van der Waals surface area (Å²) in [7, 11) is 0. The summed E-state index contributed by atoms with van der Waals surface area (Å²) in [5.41, 5.74) is 3.62. The molecule has 1 fully saturated rings. The van der Waals surface area contributed by atoms with Crippen molar-refractivity contribution >= 4 is 40.1 Å². The number of rotatable bonds is 6. The maximum atomic E-state index is 13.5. The van der Waals surface area contributed by atoms with Crippen LogP contribution in [0.5, 0.6) is 0 Å². The van der Waals surface area contributed by atoms with Gasteiger partial charge in [-0.1, -0.05) is 68.0 Å². The third-order valence-electron chi connectivity index (χ3n) is 5.85. The van der Waals surface area contributed by atoms with Crippen LogP contribution in [-0.4, -0.2) is 20.5 Å². The van der Waals surface area contributed by atoms with Gasteiger partial charge in [0, 0.05) is 16.7 Å². The number of nitrogens with zero attached hydrogens (tertiary/aromatic N) is 2. The minimum atomic E-state index is -1.33. The first-order chi connectivity index (χ1) is 14.5. The van der Waals surface area contributed by atoms with Crippen LogP contribution in [0.3, 0.4) is 0 Å². The maximum absolute atomic E-state index is 13.5. The van der Waals surface area contributed by atoms with E-state index in [1.54, 1.807) is 30.3 Å². The summed E-state index contributed by atoms with van der Waals surface area (Å²) >= 11 is 1.08. The summed E-state index contributed by atoms with van der Waals surface area (Å²) in [6, 6.07) is 12.4. The van der Waals surface area contributed by atoms with Crippen LogP contribution in [0, 0.1) is 12.8 Å². The molecule has 0 amide bonds. The van der Waals surface area contributed by atoms with E-state index in [2.05, 4.69) is 8.75 Å². The number of carbonyl (C=O) groups is 2. The zero-order valence-corrected chi connectivity index (χ0v) is 20.7. The predicted octanol–water partition coefficient (Wildman–Crippen LogP) is 1.36. The maximum Gasteiger partial charge on any atom is 1.00 e. The van der Waals surface area contributed by atoms with Gasteiger partial charge in [0.05, 0.1) is 17.7 Å². The Bertz CT molecular complexity index is 1120. The fraction of sp³-hybridized carbons (Fsp3) is 0.333. The molecule has 5 nitrogen and oxygen atoms in total. The summed E-state index contributed by atoms with van der Waals surface area (Å²) in [4.78, 5) is 25.8. The van der Waals surface area contributed by atoms with Crippen LogP contribution in [0.25, 0.3) is 16.6 Å². The quantitative estimate of drug-likeness (QED) is 0.327. The Morgan fingerprint density at radius 2 is 1.61 bits per heavy atom. The topological polar surface area (TPSA) is 83.0 Å². The molecule has 0 atom stereocenters. The normalized spacial score (nSPS) is 15.3. The van der Waals surface area contributed by atoms with Crippen molar-refractivity contribution in [3.05, 3.63) is 64.7 Å². The van der Waals surface area contributed by atoms with Crippen molar-refractivity contribution in [3.8, 4) is 0 Å². The van der Waals surface area contributed by atoms with Crippen LogP contribution in [-0.2, 0) is 4.79 Å². The molecular weight excluding hydrogens is 419 g/mol. The molecule has 0 spiro atoms. The Hall–Kier alpha value is -1.86.